The Morgan fingerprint density at radius 1 is 0.676 bits per heavy atom. The number of carbonyl (C=O) groups is 2. The third kappa shape index (κ3) is 3.53. The normalized spacial score (nSPS) is 16.3. The van der Waals surface area contributed by atoms with Gasteiger partial charge in [0, 0.05) is 30.4 Å². The number of benzene rings is 3. The van der Waals surface area contributed by atoms with Crippen molar-refractivity contribution in [1.82, 2.24) is 9.80 Å². The van der Waals surface area contributed by atoms with Gasteiger partial charge < -0.3 is 18.6 Å². The van der Waals surface area contributed by atoms with E-state index >= 15 is 0 Å². The zero-order valence-electron chi connectivity index (χ0n) is 18.4. The molecule has 1 aliphatic heterocycles. The highest BCUT2D eigenvalue weighted by Gasteiger charge is 2.36. The monoisotopic (exact) mass is 450 g/mol. The fourth-order valence-corrected chi connectivity index (χ4v) is 4.64. The molecule has 5 aromatic rings. The topological polar surface area (TPSA) is 66.9 Å². The molecule has 3 heterocycles. The highest BCUT2D eigenvalue weighted by molar-refractivity contribution is 5.98. The van der Waals surface area contributed by atoms with Gasteiger partial charge >= 0.3 is 0 Å². The number of furan rings is 2. The predicted octanol–water partition coefficient (Wildman–Crippen LogP) is 5.52. The molecule has 0 bridgehead atoms. The molecule has 0 spiro atoms. The smallest absolute Gasteiger partial charge is 0.290 e. The molecule has 2 aromatic heterocycles. The Labute approximate surface area is 196 Å². The molecule has 168 valence electrons. The molecule has 0 N–H and O–H groups in total. The lowest BCUT2D eigenvalue weighted by Crippen LogP contribution is -2.52. The van der Waals surface area contributed by atoms with Gasteiger partial charge in [-0.15, -0.1) is 0 Å². The first-order chi connectivity index (χ1) is 16.7. The first kappa shape index (κ1) is 20.3. The summed E-state index contributed by atoms with van der Waals surface area (Å²) in [7, 11) is 0. The summed E-state index contributed by atoms with van der Waals surface area (Å²) in [4.78, 5) is 30.4. The van der Waals surface area contributed by atoms with Gasteiger partial charge in [-0.3, -0.25) is 9.59 Å². The van der Waals surface area contributed by atoms with Crippen molar-refractivity contribution in [3.8, 4) is 0 Å². The predicted molar refractivity (Wildman–Crippen MR) is 129 cm³/mol. The number of nitrogens with zero attached hydrogens (tertiary/aromatic N) is 2. The Morgan fingerprint density at radius 2 is 1.24 bits per heavy atom. The van der Waals surface area contributed by atoms with E-state index in [0.717, 1.165) is 16.3 Å². The second kappa shape index (κ2) is 8.23. The Bertz CT molecular complexity index is 1430. The lowest BCUT2D eigenvalue weighted by Gasteiger charge is -2.41. The van der Waals surface area contributed by atoms with Crippen molar-refractivity contribution in [2.45, 2.75) is 6.04 Å². The van der Waals surface area contributed by atoms with E-state index in [1.807, 2.05) is 78.9 Å². The van der Waals surface area contributed by atoms with Crippen molar-refractivity contribution < 1.29 is 18.4 Å². The van der Waals surface area contributed by atoms with Gasteiger partial charge in [0.05, 0.1) is 6.04 Å². The van der Waals surface area contributed by atoms with Gasteiger partial charge in [-0.2, -0.15) is 0 Å². The van der Waals surface area contributed by atoms with E-state index < -0.39 is 0 Å². The van der Waals surface area contributed by atoms with Crippen molar-refractivity contribution in [1.29, 1.82) is 0 Å². The van der Waals surface area contributed by atoms with Crippen LogP contribution < -0.4 is 0 Å². The third-order valence-electron chi connectivity index (χ3n) is 6.39. The number of carbonyl (C=O) groups excluding carboxylic acids is 2. The number of fused-ring (bicyclic) bond motifs is 2. The lowest BCUT2D eigenvalue weighted by molar-refractivity contribution is 0.0353. The fraction of sp³-hybridized carbons (Fsp3) is 0.143. The minimum Gasteiger partial charge on any atom is -0.451 e. The zero-order chi connectivity index (χ0) is 23.1. The minimum absolute atomic E-state index is 0.173. The van der Waals surface area contributed by atoms with E-state index in [2.05, 4.69) is 0 Å². The molecule has 6 rings (SSSR count). The van der Waals surface area contributed by atoms with Crippen molar-refractivity contribution in [3.05, 3.63) is 108 Å². The van der Waals surface area contributed by atoms with E-state index in [9.17, 15) is 9.59 Å². The molecular weight excluding hydrogens is 428 g/mol. The molecule has 1 saturated heterocycles. The molecule has 3 aromatic carbocycles. The van der Waals surface area contributed by atoms with Crippen LogP contribution in [0.15, 0.2) is 99.8 Å². The van der Waals surface area contributed by atoms with Crippen molar-refractivity contribution >= 4 is 33.8 Å². The third-order valence-corrected chi connectivity index (χ3v) is 6.39. The second-order valence-corrected chi connectivity index (χ2v) is 8.47. The molecule has 2 amide bonds. The summed E-state index contributed by atoms with van der Waals surface area (Å²) in [6.07, 6.45) is 0. The van der Waals surface area contributed by atoms with Crippen LogP contribution >= 0.6 is 0 Å². The number of piperazine rings is 1. The van der Waals surface area contributed by atoms with Gasteiger partial charge in [-0.25, -0.2) is 0 Å². The van der Waals surface area contributed by atoms with Gasteiger partial charge in [0.1, 0.15) is 11.2 Å². The number of rotatable bonds is 3. The van der Waals surface area contributed by atoms with E-state index in [1.165, 1.54) is 0 Å². The van der Waals surface area contributed by atoms with Crippen LogP contribution in [-0.4, -0.2) is 41.2 Å². The standard InChI is InChI=1S/C28H22N2O4/c31-27(25-16-20-10-4-6-12-23(20)33-25)29-14-15-30(22(18-29)19-8-2-1-3-9-19)28(32)26-17-21-11-5-7-13-24(21)34-26/h1-13,16-17,22H,14-15,18H2. The van der Waals surface area contributed by atoms with E-state index in [0.29, 0.717) is 42.3 Å². The maximum atomic E-state index is 13.5. The molecule has 6 heteroatoms. The fourth-order valence-electron chi connectivity index (χ4n) is 4.64. The maximum absolute atomic E-state index is 13.5. The summed E-state index contributed by atoms with van der Waals surface area (Å²) in [5.74, 6) is 0.262. The number of amides is 2. The second-order valence-electron chi connectivity index (χ2n) is 8.47. The zero-order valence-corrected chi connectivity index (χ0v) is 18.4. The van der Waals surface area contributed by atoms with Gasteiger partial charge in [-0.05, 0) is 29.8 Å². The average molecular weight is 450 g/mol. The van der Waals surface area contributed by atoms with Crippen molar-refractivity contribution in [2.75, 3.05) is 19.6 Å². The molecule has 0 radical (unpaired) electrons. The van der Waals surface area contributed by atoms with E-state index in [1.54, 1.807) is 21.9 Å². The Balaban J connectivity index is 1.31. The molecule has 0 aliphatic carbocycles. The van der Waals surface area contributed by atoms with Crippen LogP contribution in [0.1, 0.15) is 32.7 Å². The highest BCUT2D eigenvalue weighted by atomic mass is 16.4. The first-order valence-corrected chi connectivity index (χ1v) is 11.3. The number of hydrogen-bond donors (Lipinski definition) is 0. The highest BCUT2D eigenvalue weighted by Crippen LogP contribution is 2.30. The SMILES string of the molecule is O=C(c1cc2ccccc2o1)N1CCN(C(=O)c2cc3ccccc3o2)C(c2ccccc2)C1. The van der Waals surface area contributed by atoms with Gasteiger partial charge in [0.2, 0.25) is 0 Å². The summed E-state index contributed by atoms with van der Waals surface area (Å²) in [5.41, 5.74) is 2.33. The Kier molecular flexibility index (Phi) is 4.91. The summed E-state index contributed by atoms with van der Waals surface area (Å²) in [6, 6.07) is 28.2. The van der Waals surface area contributed by atoms with Crippen LogP contribution in [0.3, 0.4) is 0 Å². The lowest BCUT2D eigenvalue weighted by atomic mass is 10.0. The van der Waals surface area contributed by atoms with Crippen LogP contribution in [0.4, 0.5) is 0 Å². The number of hydrogen-bond acceptors (Lipinski definition) is 4. The molecule has 34 heavy (non-hydrogen) atoms. The average Bonchev–Trinajstić information content (AvgIpc) is 3.52. The van der Waals surface area contributed by atoms with Gasteiger partial charge in [0.15, 0.2) is 11.5 Å². The van der Waals surface area contributed by atoms with E-state index in [-0.39, 0.29) is 17.9 Å². The Morgan fingerprint density at radius 3 is 1.85 bits per heavy atom. The molecule has 1 fully saturated rings. The molecule has 6 nitrogen and oxygen atoms in total. The number of para-hydroxylation sites is 2. The van der Waals surface area contributed by atoms with Crippen molar-refractivity contribution in [3.63, 3.8) is 0 Å². The van der Waals surface area contributed by atoms with Crippen LogP contribution in [0.5, 0.6) is 0 Å². The summed E-state index contributed by atoms with van der Waals surface area (Å²) in [5, 5.41) is 1.78. The summed E-state index contributed by atoms with van der Waals surface area (Å²) < 4.78 is 11.7. The summed E-state index contributed by atoms with van der Waals surface area (Å²) >= 11 is 0. The van der Waals surface area contributed by atoms with E-state index in [4.69, 9.17) is 8.83 Å². The first-order valence-electron chi connectivity index (χ1n) is 11.3. The van der Waals surface area contributed by atoms with Crippen molar-refractivity contribution in [2.24, 2.45) is 0 Å². The van der Waals surface area contributed by atoms with Crippen LogP contribution in [-0.2, 0) is 0 Å². The molecular formula is C28H22N2O4. The van der Waals surface area contributed by atoms with Gasteiger partial charge in [0.25, 0.3) is 11.8 Å². The van der Waals surface area contributed by atoms with Crippen LogP contribution in [0, 0.1) is 0 Å². The Hall–Kier alpha value is -4.32. The minimum atomic E-state index is -0.302. The molecule has 1 unspecified atom stereocenters. The maximum Gasteiger partial charge on any atom is 0.290 e. The van der Waals surface area contributed by atoms with Crippen LogP contribution in [0.25, 0.3) is 21.9 Å². The van der Waals surface area contributed by atoms with Crippen LogP contribution in [0.2, 0.25) is 0 Å². The largest absolute Gasteiger partial charge is 0.451 e. The summed E-state index contributed by atoms with van der Waals surface area (Å²) in [6.45, 7) is 1.17. The molecule has 0 saturated carbocycles. The molecule has 1 atom stereocenters. The molecule has 1 aliphatic rings. The quantitative estimate of drug-likeness (QED) is 0.363. The van der Waals surface area contributed by atoms with Gasteiger partial charge in [-0.1, -0.05) is 66.7 Å².